The molecular weight excluding hydrogens is 442 g/mol. The number of carbonyl (C=O) groups excluding carboxylic acids is 2. The summed E-state index contributed by atoms with van der Waals surface area (Å²) in [6, 6.07) is 8.76. The Morgan fingerprint density at radius 2 is 1.74 bits per heavy atom. The van der Waals surface area contributed by atoms with Gasteiger partial charge in [-0.3, -0.25) is 9.69 Å². The largest absolute Gasteiger partial charge is 0.462 e. The quantitative estimate of drug-likeness (QED) is 0.566. The maximum absolute atomic E-state index is 12.8. The molecule has 1 aromatic carbocycles. The van der Waals surface area contributed by atoms with Gasteiger partial charge in [0.25, 0.3) is 0 Å². The van der Waals surface area contributed by atoms with Gasteiger partial charge in [0.05, 0.1) is 5.41 Å². The number of amides is 1. The summed E-state index contributed by atoms with van der Waals surface area (Å²) in [6.07, 6.45) is 2.67. The number of carbonyl (C=O) groups is 2. The standard InChI is InChI=1S/C28H43N3O4/c1-21(2)23-8-6-7-9-24(23)30-18-16-29(17-19-30)13-10-22-20-28(25(32)34-22)11-14-31(15-12-28)26(33)35-27(3,4)5/h6-9,21-22H,10-20H2,1-5H3/t22-/m1/s1. The molecule has 0 N–H and O–H groups in total. The number of esters is 1. The van der Waals surface area contributed by atoms with E-state index in [1.165, 1.54) is 11.3 Å². The number of ether oxygens (including phenoxy) is 2. The van der Waals surface area contributed by atoms with E-state index in [1.807, 2.05) is 20.8 Å². The van der Waals surface area contributed by atoms with Crippen LogP contribution in [0.3, 0.4) is 0 Å². The molecule has 1 atom stereocenters. The fourth-order valence-electron chi connectivity index (χ4n) is 5.65. The van der Waals surface area contributed by atoms with Crippen LogP contribution in [-0.2, 0) is 14.3 Å². The van der Waals surface area contributed by atoms with Gasteiger partial charge >= 0.3 is 12.1 Å². The lowest BCUT2D eigenvalue weighted by atomic mass is 9.76. The third-order valence-corrected chi connectivity index (χ3v) is 7.74. The summed E-state index contributed by atoms with van der Waals surface area (Å²) in [6.45, 7) is 16.3. The first-order chi connectivity index (χ1) is 16.6. The molecule has 0 radical (unpaired) electrons. The lowest BCUT2D eigenvalue weighted by Gasteiger charge is -2.38. The van der Waals surface area contributed by atoms with Crippen molar-refractivity contribution in [2.45, 2.75) is 77.9 Å². The number of piperidine rings is 1. The van der Waals surface area contributed by atoms with E-state index in [9.17, 15) is 9.59 Å². The van der Waals surface area contributed by atoms with Crippen LogP contribution in [0.15, 0.2) is 24.3 Å². The summed E-state index contributed by atoms with van der Waals surface area (Å²) < 4.78 is 11.3. The summed E-state index contributed by atoms with van der Waals surface area (Å²) in [5.41, 5.74) is 1.85. The topological polar surface area (TPSA) is 62.3 Å². The lowest BCUT2D eigenvalue weighted by molar-refractivity contribution is -0.151. The van der Waals surface area contributed by atoms with Crippen LogP contribution in [0.25, 0.3) is 0 Å². The average molecular weight is 486 g/mol. The summed E-state index contributed by atoms with van der Waals surface area (Å²) in [4.78, 5) is 31.9. The Labute approximate surface area is 210 Å². The van der Waals surface area contributed by atoms with Crippen molar-refractivity contribution in [3.05, 3.63) is 29.8 Å². The Kier molecular flexibility index (Phi) is 7.65. The van der Waals surface area contributed by atoms with Crippen molar-refractivity contribution in [1.82, 2.24) is 9.80 Å². The van der Waals surface area contributed by atoms with Gasteiger partial charge in [0, 0.05) is 57.9 Å². The highest BCUT2D eigenvalue weighted by molar-refractivity contribution is 5.79. The maximum atomic E-state index is 12.8. The number of para-hydroxylation sites is 1. The zero-order valence-electron chi connectivity index (χ0n) is 22.2. The molecule has 4 rings (SSSR count). The van der Waals surface area contributed by atoms with E-state index in [0.29, 0.717) is 31.8 Å². The first-order valence-electron chi connectivity index (χ1n) is 13.3. The summed E-state index contributed by atoms with van der Waals surface area (Å²) in [7, 11) is 0. The van der Waals surface area contributed by atoms with Gasteiger partial charge in [0.1, 0.15) is 11.7 Å². The van der Waals surface area contributed by atoms with Crippen LogP contribution in [0, 0.1) is 5.41 Å². The van der Waals surface area contributed by atoms with Crippen molar-refractivity contribution in [3.8, 4) is 0 Å². The highest BCUT2D eigenvalue weighted by Crippen LogP contribution is 2.44. The van der Waals surface area contributed by atoms with Crippen molar-refractivity contribution < 1.29 is 19.1 Å². The highest BCUT2D eigenvalue weighted by atomic mass is 16.6. The number of piperazine rings is 1. The van der Waals surface area contributed by atoms with Gasteiger partial charge in [-0.25, -0.2) is 4.79 Å². The molecule has 1 aromatic rings. The SMILES string of the molecule is CC(C)c1ccccc1N1CCN(CC[C@@H]2CC3(CCN(C(=O)OC(C)(C)C)CC3)C(=O)O2)CC1. The van der Waals surface area contributed by atoms with Gasteiger partial charge in [-0.1, -0.05) is 32.0 Å². The summed E-state index contributed by atoms with van der Waals surface area (Å²) >= 11 is 0. The van der Waals surface area contributed by atoms with Crippen molar-refractivity contribution in [3.63, 3.8) is 0 Å². The molecule has 0 bridgehead atoms. The number of anilines is 1. The van der Waals surface area contributed by atoms with E-state index in [1.54, 1.807) is 4.90 Å². The molecule has 194 valence electrons. The van der Waals surface area contributed by atoms with E-state index < -0.39 is 11.0 Å². The molecule has 3 aliphatic heterocycles. The first kappa shape index (κ1) is 25.8. The second-order valence-corrected chi connectivity index (χ2v) is 11.8. The number of benzene rings is 1. The molecule has 3 heterocycles. The Hall–Kier alpha value is -2.28. The number of cyclic esters (lactones) is 1. The lowest BCUT2D eigenvalue weighted by Crippen LogP contribution is -2.47. The van der Waals surface area contributed by atoms with Gasteiger partial charge in [0.15, 0.2) is 0 Å². The molecule has 0 unspecified atom stereocenters. The van der Waals surface area contributed by atoms with E-state index in [-0.39, 0.29) is 18.2 Å². The molecular formula is C28H43N3O4. The Bertz CT molecular complexity index is 894. The van der Waals surface area contributed by atoms with Gasteiger partial charge < -0.3 is 19.3 Å². The molecule has 1 amide bonds. The Morgan fingerprint density at radius 1 is 1.09 bits per heavy atom. The van der Waals surface area contributed by atoms with Gasteiger partial charge in [0.2, 0.25) is 0 Å². The minimum Gasteiger partial charge on any atom is -0.462 e. The van der Waals surface area contributed by atoms with Crippen LogP contribution >= 0.6 is 0 Å². The van der Waals surface area contributed by atoms with Crippen molar-refractivity contribution in [2.24, 2.45) is 5.41 Å². The van der Waals surface area contributed by atoms with Crippen molar-refractivity contribution in [2.75, 3.05) is 50.7 Å². The number of rotatable bonds is 5. The third kappa shape index (κ3) is 6.11. The third-order valence-electron chi connectivity index (χ3n) is 7.74. The van der Waals surface area contributed by atoms with Gasteiger partial charge in [-0.2, -0.15) is 0 Å². The van der Waals surface area contributed by atoms with Crippen molar-refractivity contribution >= 4 is 17.7 Å². The second kappa shape index (κ2) is 10.4. The minimum atomic E-state index is -0.507. The monoisotopic (exact) mass is 485 g/mol. The van der Waals surface area contributed by atoms with E-state index in [4.69, 9.17) is 9.47 Å². The number of nitrogens with zero attached hydrogens (tertiary/aromatic N) is 3. The van der Waals surface area contributed by atoms with E-state index in [2.05, 4.69) is 47.9 Å². The van der Waals surface area contributed by atoms with E-state index in [0.717, 1.165) is 45.6 Å². The minimum absolute atomic E-state index is 0.0183. The summed E-state index contributed by atoms with van der Waals surface area (Å²) in [5.74, 6) is 0.450. The van der Waals surface area contributed by atoms with Crippen LogP contribution in [0.5, 0.6) is 0 Å². The second-order valence-electron chi connectivity index (χ2n) is 11.8. The molecule has 7 heteroatoms. The average Bonchev–Trinajstić information content (AvgIpc) is 3.11. The molecule has 1 spiro atoms. The number of hydrogen-bond acceptors (Lipinski definition) is 6. The number of hydrogen-bond donors (Lipinski definition) is 0. The highest BCUT2D eigenvalue weighted by Gasteiger charge is 2.51. The van der Waals surface area contributed by atoms with Crippen LogP contribution in [0.1, 0.15) is 71.8 Å². The van der Waals surface area contributed by atoms with E-state index >= 15 is 0 Å². The normalized spacial score (nSPS) is 23.1. The first-order valence-corrected chi connectivity index (χ1v) is 13.3. The van der Waals surface area contributed by atoms with Crippen LogP contribution in [0.4, 0.5) is 10.5 Å². The predicted octanol–water partition coefficient (Wildman–Crippen LogP) is 4.65. The molecule has 7 nitrogen and oxygen atoms in total. The fourth-order valence-corrected chi connectivity index (χ4v) is 5.65. The molecule has 3 aliphatic rings. The maximum Gasteiger partial charge on any atom is 0.410 e. The molecule has 0 aromatic heterocycles. The fraction of sp³-hybridized carbons (Fsp3) is 0.714. The van der Waals surface area contributed by atoms with Crippen molar-refractivity contribution in [1.29, 1.82) is 0 Å². The molecule has 3 fully saturated rings. The Balaban J connectivity index is 1.22. The number of likely N-dealkylation sites (tertiary alicyclic amines) is 1. The molecule has 3 saturated heterocycles. The van der Waals surface area contributed by atoms with Crippen LogP contribution in [-0.4, -0.2) is 79.4 Å². The molecule has 35 heavy (non-hydrogen) atoms. The molecule has 0 aliphatic carbocycles. The zero-order chi connectivity index (χ0) is 25.2. The smallest absolute Gasteiger partial charge is 0.410 e. The molecule has 0 saturated carbocycles. The van der Waals surface area contributed by atoms with Crippen LogP contribution < -0.4 is 4.90 Å². The zero-order valence-corrected chi connectivity index (χ0v) is 22.2. The van der Waals surface area contributed by atoms with Crippen LogP contribution in [0.2, 0.25) is 0 Å². The predicted molar refractivity (Wildman–Crippen MR) is 138 cm³/mol. The van der Waals surface area contributed by atoms with Gasteiger partial charge in [-0.15, -0.1) is 0 Å². The summed E-state index contributed by atoms with van der Waals surface area (Å²) in [5, 5.41) is 0. The van der Waals surface area contributed by atoms with Gasteiger partial charge in [-0.05, 0) is 57.6 Å². The Morgan fingerprint density at radius 3 is 2.37 bits per heavy atom.